The number of rotatable bonds is 0. The second-order valence-corrected chi connectivity index (χ2v) is 3.33. The zero-order chi connectivity index (χ0) is 9.59. The van der Waals surface area contributed by atoms with Crippen LogP contribution in [0.25, 0.3) is 5.65 Å². The molecule has 2 aromatic heterocycles. The zero-order valence-electron chi connectivity index (χ0n) is 7.64. The van der Waals surface area contributed by atoms with Gasteiger partial charge in [0.2, 0.25) is 0 Å². The molecule has 76 valence electrons. The Morgan fingerprint density at radius 2 is 2.14 bits per heavy atom. The van der Waals surface area contributed by atoms with E-state index in [0.29, 0.717) is 5.65 Å². The molecule has 0 bridgehead atoms. The van der Waals surface area contributed by atoms with E-state index in [9.17, 15) is 4.79 Å². The minimum absolute atomic E-state index is 0. The van der Waals surface area contributed by atoms with Crippen molar-refractivity contribution in [1.82, 2.24) is 14.6 Å². The third-order valence-electron chi connectivity index (χ3n) is 1.87. The van der Waals surface area contributed by atoms with Crippen LogP contribution in [0.5, 0.6) is 0 Å². The van der Waals surface area contributed by atoms with E-state index < -0.39 is 0 Å². The van der Waals surface area contributed by atoms with Gasteiger partial charge < -0.3 is 12.4 Å². The normalized spacial score (nSPS) is 10.2. The Morgan fingerprint density at radius 3 is 2.79 bits per heavy atom. The maximum Gasteiger partial charge on any atom is 0.285 e. The molecule has 0 unspecified atom stereocenters. The number of aryl methyl sites for hydroxylation is 2. The molecule has 14 heavy (non-hydrogen) atoms. The molecular formula is C8H8Cl2N3O-. The summed E-state index contributed by atoms with van der Waals surface area (Å²) in [6, 6.07) is 1.87. The third-order valence-corrected chi connectivity index (χ3v) is 2.21. The molecule has 2 aromatic rings. The Balaban J connectivity index is 0.000000980. The van der Waals surface area contributed by atoms with Crippen LogP contribution in [0, 0.1) is 13.8 Å². The molecule has 2 heterocycles. The average molecular weight is 233 g/mol. The first-order valence-electron chi connectivity index (χ1n) is 3.84. The van der Waals surface area contributed by atoms with Gasteiger partial charge >= 0.3 is 0 Å². The summed E-state index contributed by atoms with van der Waals surface area (Å²) in [7, 11) is 0. The summed E-state index contributed by atoms with van der Waals surface area (Å²) in [6.07, 6.45) is 0. The van der Waals surface area contributed by atoms with Crippen LogP contribution in [0.2, 0.25) is 5.02 Å². The lowest BCUT2D eigenvalue weighted by molar-refractivity contribution is -0.00000296. The van der Waals surface area contributed by atoms with Gasteiger partial charge in [-0.25, -0.2) is 9.50 Å². The first-order chi connectivity index (χ1) is 6.09. The standard InChI is InChI=1S/C8H8ClN3O.ClH/c1-4-3-5(2)12-7(10-4)6(9)8(13)11-12;/h3H,1-2H3,(H,11,13);1H/p-1. The molecule has 0 saturated heterocycles. The lowest BCUT2D eigenvalue weighted by atomic mass is 10.3. The van der Waals surface area contributed by atoms with Gasteiger partial charge in [0, 0.05) is 11.4 Å². The summed E-state index contributed by atoms with van der Waals surface area (Å²) in [6.45, 7) is 3.74. The van der Waals surface area contributed by atoms with Crippen LogP contribution in [0.4, 0.5) is 0 Å². The number of hydrogen-bond donors (Lipinski definition) is 1. The molecule has 6 heteroatoms. The maximum absolute atomic E-state index is 11.2. The molecule has 0 atom stereocenters. The highest BCUT2D eigenvalue weighted by Crippen LogP contribution is 2.12. The number of H-pyrrole nitrogens is 1. The number of nitrogens with one attached hydrogen (secondary N) is 1. The molecule has 0 spiro atoms. The van der Waals surface area contributed by atoms with Crippen LogP contribution in [0.15, 0.2) is 10.9 Å². The second kappa shape index (κ2) is 3.63. The Morgan fingerprint density at radius 1 is 1.50 bits per heavy atom. The second-order valence-electron chi connectivity index (χ2n) is 2.95. The van der Waals surface area contributed by atoms with Gasteiger partial charge in [0.15, 0.2) is 10.7 Å². The Labute approximate surface area is 91.3 Å². The van der Waals surface area contributed by atoms with Gasteiger partial charge in [0.1, 0.15) is 0 Å². The lowest BCUT2D eigenvalue weighted by Gasteiger charge is -2.00. The molecule has 1 N–H and O–H groups in total. The van der Waals surface area contributed by atoms with Gasteiger partial charge in [0.05, 0.1) is 0 Å². The van der Waals surface area contributed by atoms with Crippen LogP contribution in [-0.4, -0.2) is 14.6 Å². The van der Waals surface area contributed by atoms with Crippen molar-refractivity contribution < 1.29 is 12.4 Å². The van der Waals surface area contributed by atoms with E-state index in [4.69, 9.17) is 11.6 Å². The Kier molecular flexibility index (Phi) is 2.87. The maximum atomic E-state index is 11.2. The smallest absolute Gasteiger partial charge is 0.285 e. The van der Waals surface area contributed by atoms with Crippen LogP contribution >= 0.6 is 11.6 Å². The van der Waals surface area contributed by atoms with Crippen molar-refractivity contribution in [3.8, 4) is 0 Å². The first-order valence-corrected chi connectivity index (χ1v) is 4.22. The molecule has 0 aliphatic carbocycles. The average Bonchev–Trinajstić information content (AvgIpc) is 2.32. The number of nitrogens with zero attached hydrogens (tertiary/aromatic N) is 2. The predicted molar refractivity (Wildman–Crippen MR) is 50.3 cm³/mol. The fraction of sp³-hybridized carbons (Fsp3) is 0.250. The quantitative estimate of drug-likeness (QED) is 0.589. The van der Waals surface area contributed by atoms with Gasteiger partial charge in [0.25, 0.3) is 5.56 Å². The van der Waals surface area contributed by atoms with Crippen molar-refractivity contribution in [2.45, 2.75) is 13.8 Å². The minimum atomic E-state index is -0.303. The third kappa shape index (κ3) is 1.51. The van der Waals surface area contributed by atoms with E-state index in [1.54, 1.807) is 4.52 Å². The summed E-state index contributed by atoms with van der Waals surface area (Å²) in [5, 5.41) is 2.73. The fourth-order valence-corrected chi connectivity index (χ4v) is 1.49. The van der Waals surface area contributed by atoms with Crippen LogP contribution in [-0.2, 0) is 0 Å². The Bertz CT molecular complexity index is 529. The van der Waals surface area contributed by atoms with Crippen molar-refractivity contribution in [2.24, 2.45) is 0 Å². The number of fused-ring (bicyclic) bond motifs is 1. The topological polar surface area (TPSA) is 50.2 Å². The van der Waals surface area contributed by atoms with Crippen LogP contribution in [0.3, 0.4) is 0 Å². The SMILES string of the molecule is Cc1cc(C)n2[nH]c(=O)c(Cl)c2n1.[Cl-]. The van der Waals surface area contributed by atoms with E-state index in [1.807, 2.05) is 19.9 Å². The molecule has 0 saturated carbocycles. The van der Waals surface area contributed by atoms with Crippen LogP contribution in [0.1, 0.15) is 11.4 Å². The predicted octanol–water partition coefficient (Wildman–Crippen LogP) is -1.70. The van der Waals surface area contributed by atoms with Crippen molar-refractivity contribution in [2.75, 3.05) is 0 Å². The summed E-state index contributed by atoms with van der Waals surface area (Å²) in [5.74, 6) is 0. The summed E-state index contributed by atoms with van der Waals surface area (Å²) >= 11 is 5.76. The van der Waals surface area contributed by atoms with E-state index in [0.717, 1.165) is 11.4 Å². The number of aromatic nitrogens is 3. The summed E-state index contributed by atoms with van der Waals surface area (Å²) in [4.78, 5) is 15.3. The molecule has 2 rings (SSSR count). The van der Waals surface area contributed by atoms with Crippen LogP contribution < -0.4 is 18.0 Å². The summed E-state index contributed by atoms with van der Waals surface area (Å²) < 4.78 is 1.58. The molecule has 0 aliphatic heterocycles. The molecule has 4 nitrogen and oxygen atoms in total. The van der Waals surface area contributed by atoms with E-state index in [1.165, 1.54) is 0 Å². The fourth-order valence-electron chi connectivity index (χ4n) is 1.32. The number of halogens is 2. The number of aromatic amines is 1. The minimum Gasteiger partial charge on any atom is -1.00 e. The van der Waals surface area contributed by atoms with E-state index in [2.05, 4.69) is 10.1 Å². The van der Waals surface area contributed by atoms with Gasteiger partial charge in [-0.2, -0.15) is 0 Å². The largest absolute Gasteiger partial charge is 1.00 e. The monoisotopic (exact) mass is 232 g/mol. The van der Waals surface area contributed by atoms with Gasteiger partial charge in [-0.05, 0) is 19.9 Å². The molecule has 0 aromatic carbocycles. The summed E-state index contributed by atoms with van der Waals surface area (Å²) in [5.41, 5.74) is 1.94. The molecular weight excluding hydrogens is 225 g/mol. The first kappa shape index (κ1) is 11.1. The van der Waals surface area contributed by atoms with Crippen molar-refractivity contribution in [1.29, 1.82) is 0 Å². The highest BCUT2D eigenvalue weighted by atomic mass is 35.5. The highest BCUT2D eigenvalue weighted by Gasteiger charge is 2.08. The van der Waals surface area contributed by atoms with Gasteiger partial charge in [-0.15, -0.1) is 0 Å². The van der Waals surface area contributed by atoms with E-state index >= 15 is 0 Å². The van der Waals surface area contributed by atoms with Crippen molar-refractivity contribution in [3.05, 3.63) is 32.8 Å². The molecule has 0 fully saturated rings. The lowest BCUT2D eigenvalue weighted by Crippen LogP contribution is -3.00. The number of hydrogen-bond acceptors (Lipinski definition) is 2. The zero-order valence-corrected chi connectivity index (χ0v) is 9.15. The molecule has 0 aliphatic rings. The van der Waals surface area contributed by atoms with Gasteiger partial charge in [-0.3, -0.25) is 9.89 Å². The molecule has 0 radical (unpaired) electrons. The van der Waals surface area contributed by atoms with E-state index in [-0.39, 0.29) is 23.0 Å². The Hall–Kier alpha value is -1.000. The highest BCUT2D eigenvalue weighted by molar-refractivity contribution is 6.33. The molecule has 0 amide bonds. The van der Waals surface area contributed by atoms with Gasteiger partial charge in [-0.1, -0.05) is 11.6 Å². The van der Waals surface area contributed by atoms with Crippen molar-refractivity contribution >= 4 is 17.2 Å². The van der Waals surface area contributed by atoms with Crippen molar-refractivity contribution in [3.63, 3.8) is 0 Å².